The molecule has 0 aliphatic carbocycles. The number of nitrogens with zero attached hydrogens (tertiary/aromatic N) is 1. The summed E-state index contributed by atoms with van der Waals surface area (Å²) < 4.78 is 5.32. The number of hydrogen-bond donors (Lipinski definition) is 1. The Morgan fingerprint density at radius 1 is 1.18 bits per heavy atom. The van der Waals surface area contributed by atoms with Crippen LogP contribution in [0.1, 0.15) is 12.5 Å². The van der Waals surface area contributed by atoms with Crippen molar-refractivity contribution in [1.29, 1.82) is 0 Å². The molecule has 1 aromatic carbocycles. The number of hydrogen-bond acceptors (Lipinski definition) is 3. The molecule has 0 unspecified atom stereocenters. The predicted octanol–water partition coefficient (Wildman–Crippen LogP) is 2.38. The van der Waals surface area contributed by atoms with Gasteiger partial charge in [-0.1, -0.05) is 17.7 Å². The van der Waals surface area contributed by atoms with E-state index in [1.165, 1.54) is 11.3 Å². The van der Waals surface area contributed by atoms with Gasteiger partial charge in [0.25, 0.3) is 0 Å². The number of ether oxygens (including phenoxy) is 1. The Balaban J connectivity index is 2.12. The SMILES string of the molecule is CCOCCN(C)CCNc1ccc(C)cc1. The first-order valence-corrected chi connectivity index (χ1v) is 6.29. The monoisotopic (exact) mass is 236 g/mol. The van der Waals surface area contributed by atoms with Crippen LogP contribution in [0.5, 0.6) is 0 Å². The van der Waals surface area contributed by atoms with Crippen molar-refractivity contribution in [2.45, 2.75) is 13.8 Å². The molecule has 0 spiro atoms. The van der Waals surface area contributed by atoms with Crippen molar-refractivity contribution >= 4 is 5.69 Å². The average molecular weight is 236 g/mol. The number of benzene rings is 1. The summed E-state index contributed by atoms with van der Waals surface area (Å²) in [6.45, 7) is 8.73. The summed E-state index contributed by atoms with van der Waals surface area (Å²) >= 11 is 0. The summed E-state index contributed by atoms with van der Waals surface area (Å²) in [5.74, 6) is 0. The van der Waals surface area contributed by atoms with Crippen molar-refractivity contribution in [2.24, 2.45) is 0 Å². The third-order valence-electron chi connectivity index (χ3n) is 2.70. The van der Waals surface area contributed by atoms with Crippen LogP contribution in [0.2, 0.25) is 0 Å². The largest absolute Gasteiger partial charge is 0.384 e. The fourth-order valence-electron chi connectivity index (χ4n) is 1.54. The summed E-state index contributed by atoms with van der Waals surface area (Å²) in [7, 11) is 2.12. The van der Waals surface area contributed by atoms with E-state index in [0.717, 1.165) is 32.8 Å². The van der Waals surface area contributed by atoms with E-state index in [-0.39, 0.29) is 0 Å². The maximum absolute atomic E-state index is 5.32. The highest BCUT2D eigenvalue weighted by atomic mass is 16.5. The van der Waals surface area contributed by atoms with E-state index < -0.39 is 0 Å². The van der Waals surface area contributed by atoms with E-state index in [1.54, 1.807) is 0 Å². The fraction of sp³-hybridized carbons (Fsp3) is 0.571. The lowest BCUT2D eigenvalue weighted by Gasteiger charge is -2.17. The number of rotatable bonds is 8. The van der Waals surface area contributed by atoms with Crippen molar-refractivity contribution in [3.05, 3.63) is 29.8 Å². The maximum Gasteiger partial charge on any atom is 0.0593 e. The van der Waals surface area contributed by atoms with Crippen LogP contribution < -0.4 is 5.32 Å². The quantitative estimate of drug-likeness (QED) is 0.701. The lowest BCUT2D eigenvalue weighted by molar-refractivity contribution is 0.123. The normalized spacial score (nSPS) is 10.8. The van der Waals surface area contributed by atoms with Crippen molar-refractivity contribution in [3.63, 3.8) is 0 Å². The van der Waals surface area contributed by atoms with Gasteiger partial charge in [0.15, 0.2) is 0 Å². The highest BCUT2D eigenvalue weighted by molar-refractivity contribution is 5.44. The minimum Gasteiger partial charge on any atom is -0.384 e. The molecule has 1 N–H and O–H groups in total. The Morgan fingerprint density at radius 3 is 2.53 bits per heavy atom. The van der Waals surface area contributed by atoms with E-state index in [9.17, 15) is 0 Å². The average Bonchev–Trinajstić information content (AvgIpc) is 2.32. The number of nitrogens with one attached hydrogen (secondary N) is 1. The predicted molar refractivity (Wildman–Crippen MR) is 73.7 cm³/mol. The molecule has 0 atom stereocenters. The van der Waals surface area contributed by atoms with Gasteiger partial charge in [0, 0.05) is 31.9 Å². The van der Waals surface area contributed by atoms with Gasteiger partial charge in [-0.05, 0) is 33.0 Å². The second-order valence-electron chi connectivity index (χ2n) is 4.29. The van der Waals surface area contributed by atoms with Crippen LogP contribution in [0, 0.1) is 6.92 Å². The molecule has 17 heavy (non-hydrogen) atoms. The molecular formula is C14H24N2O. The third kappa shape index (κ3) is 6.29. The first-order chi connectivity index (χ1) is 8.22. The van der Waals surface area contributed by atoms with Gasteiger partial charge in [0.05, 0.1) is 6.61 Å². The molecule has 0 saturated carbocycles. The van der Waals surface area contributed by atoms with Crippen molar-refractivity contribution in [1.82, 2.24) is 4.90 Å². The summed E-state index contributed by atoms with van der Waals surface area (Å²) in [4.78, 5) is 2.27. The van der Waals surface area contributed by atoms with Gasteiger partial charge >= 0.3 is 0 Å². The van der Waals surface area contributed by atoms with Crippen molar-refractivity contribution in [2.75, 3.05) is 45.2 Å². The second-order valence-corrected chi connectivity index (χ2v) is 4.29. The van der Waals surface area contributed by atoms with E-state index >= 15 is 0 Å². The smallest absolute Gasteiger partial charge is 0.0593 e. The van der Waals surface area contributed by atoms with Crippen LogP contribution in [0.15, 0.2) is 24.3 Å². The molecule has 1 aromatic rings. The Hall–Kier alpha value is -1.06. The second kappa shape index (κ2) is 8.09. The molecule has 0 aliphatic heterocycles. The first kappa shape index (κ1) is 14.0. The van der Waals surface area contributed by atoms with Crippen LogP contribution in [-0.4, -0.2) is 44.8 Å². The summed E-state index contributed by atoms with van der Waals surface area (Å²) in [6.07, 6.45) is 0. The molecular weight excluding hydrogens is 212 g/mol. The van der Waals surface area contributed by atoms with Gasteiger partial charge in [0.1, 0.15) is 0 Å². The molecule has 0 heterocycles. The van der Waals surface area contributed by atoms with Crippen LogP contribution in [0.25, 0.3) is 0 Å². The third-order valence-corrected chi connectivity index (χ3v) is 2.70. The van der Waals surface area contributed by atoms with Gasteiger partial charge in [-0.15, -0.1) is 0 Å². The van der Waals surface area contributed by atoms with Crippen molar-refractivity contribution < 1.29 is 4.74 Å². The van der Waals surface area contributed by atoms with Crippen LogP contribution in [0.4, 0.5) is 5.69 Å². The van der Waals surface area contributed by atoms with Gasteiger partial charge in [0.2, 0.25) is 0 Å². The Labute approximate surface area is 105 Å². The molecule has 0 radical (unpaired) electrons. The summed E-state index contributed by atoms with van der Waals surface area (Å²) in [6, 6.07) is 8.49. The maximum atomic E-state index is 5.32. The molecule has 3 heteroatoms. The van der Waals surface area contributed by atoms with E-state index in [2.05, 4.69) is 48.5 Å². The highest BCUT2D eigenvalue weighted by Crippen LogP contribution is 2.07. The molecule has 0 bridgehead atoms. The molecule has 1 rings (SSSR count). The van der Waals surface area contributed by atoms with Gasteiger partial charge in [-0.2, -0.15) is 0 Å². The lowest BCUT2D eigenvalue weighted by Crippen LogP contribution is -2.28. The molecule has 96 valence electrons. The standard InChI is InChI=1S/C14H24N2O/c1-4-17-12-11-16(3)10-9-15-14-7-5-13(2)6-8-14/h5-8,15H,4,9-12H2,1-3H3. The summed E-state index contributed by atoms with van der Waals surface area (Å²) in [5.41, 5.74) is 2.48. The Morgan fingerprint density at radius 2 is 1.88 bits per heavy atom. The molecule has 0 fully saturated rings. The first-order valence-electron chi connectivity index (χ1n) is 6.29. The van der Waals surface area contributed by atoms with Crippen LogP contribution >= 0.6 is 0 Å². The van der Waals surface area contributed by atoms with Gasteiger partial charge in [-0.3, -0.25) is 0 Å². The van der Waals surface area contributed by atoms with Gasteiger partial charge in [-0.25, -0.2) is 0 Å². The zero-order valence-electron chi connectivity index (χ0n) is 11.2. The molecule has 0 aromatic heterocycles. The minimum atomic E-state index is 0.801. The fourth-order valence-corrected chi connectivity index (χ4v) is 1.54. The molecule has 0 aliphatic rings. The topological polar surface area (TPSA) is 24.5 Å². The number of aryl methyl sites for hydroxylation is 1. The Kier molecular flexibility index (Phi) is 6.67. The van der Waals surface area contributed by atoms with E-state index in [0.29, 0.717) is 0 Å². The lowest BCUT2D eigenvalue weighted by atomic mass is 10.2. The van der Waals surface area contributed by atoms with Crippen molar-refractivity contribution in [3.8, 4) is 0 Å². The van der Waals surface area contributed by atoms with E-state index in [1.807, 2.05) is 6.92 Å². The summed E-state index contributed by atoms with van der Waals surface area (Å²) in [5, 5.41) is 3.41. The molecule has 0 saturated heterocycles. The zero-order chi connectivity index (χ0) is 12.5. The number of anilines is 1. The highest BCUT2D eigenvalue weighted by Gasteiger charge is 1.97. The van der Waals surface area contributed by atoms with Crippen LogP contribution in [0.3, 0.4) is 0 Å². The van der Waals surface area contributed by atoms with Crippen LogP contribution in [-0.2, 0) is 4.74 Å². The van der Waals surface area contributed by atoms with E-state index in [4.69, 9.17) is 4.74 Å². The Bertz CT molecular complexity index is 298. The number of likely N-dealkylation sites (N-methyl/N-ethyl adjacent to an activating group) is 1. The van der Waals surface area contributed by atoms with Gasteiger partial charge < -0.3 is 15.0 Å². The molecule has 3 nitrogen and oxygen atoms in total. The zero-order valence-corrected chi connectivity index (χ0v) is 11.2. The molecule has 0 amide bonds. The minimum absolute atomic E-state index is 0.801.